The van der Waals surface area contributed by atoms with Crippen LogP contribution < -0.4 is 11.1 Å². The van der Waals surface area contributed by atoms with Crippen LogP contribution in [-0.2, 0) is 44.3 Å². The number of ketones is 4. The average Bonchev–Trinajstić information content (AvgIpc) is 2.86. The van der Waals surface area contributed by atoms with Crippen molar-refractivity contribution < 1.29 is 38.6 Å². The predicted octanol–water partition coefficient (Wildman–Crippen LogP) is 6.93. The van der Waals surface area contributed by atoms with Gasteiger partial charge in [0.15, 0.2) is 34.7 Å². The molecule has 0 fully saturated rings. The summed E-state index contributed by atoms with van der Waals surface area (Å²) in [5.74, 6) is -2.37. The Morgan fingerprint density at radius 1 is 0.854 bits per heavy atom. The highest BCUT2D eigenvalue weighted by atomic mass is 16.5. The molecule has 10 heteroatoms. The van der Waals surface area contributed by atoms with Crippen LogP contribution in [0.15, 0.2) is 48.9 Å². The number of aliphatic hydroxyl groups is 1. The quantitative estimate of drug-likeness (QED) is 0.0933. The molecule has 2 aromatic carbocycles. The molecule has 1 amide bonds. The van der Waals surface area contributed by atoms with Gasteiger partial charge in [-0.3, -0.25) is 28.8 Å². The summed E-state index contributed by atoms with van der Waals surface area (Å²) < 4.78 is 4.95. The first kappa shape index (κ1) is 43.1. The number of esters is 1. The number of amides is 1. The number of anilines is 2. The monoisotopic (exact) mass is 664 g/mol. The molecule has 1 heterocycles. The smallest absolute Gasteiger partial charge is 0.312 e. The summed E-state index contributed by atoms with van der Waals surface area (Å²) in [5.41, 5.74) is 14.0. The van der Waals surface area contributed by atoms with E-state index in [0.717, 1.165) is 22.4 Å². The summed E-state index contributed by atoms with van der Waals surface area (Å²) in [6.07, 6.45) is 0.692. The fraction of sp³-hybridized carbons (Fsp3) is 0.421. The van der Waals surface area contributed by atoms with E-state index in [-0.39, 0.29) is 52.4 Å². The van der Waals surface area contributed by atoms with Gasteiger partial charge in [-0.25, -0.2) is 0 Å². The first-order valence-electron chi connectivity index (χ1n) is 15.3. The zero-order chi connectivity index (χ0) is 37.9. The van der Waals surface area contributed by atoms with E-state index < -0.39 is 11.4 Å². The molecule has 0 saturated carbocycles. The first-order chi connectivity index (χ1) is 21.7. The van der Waals surface area contributed by atoms with Gasteiger partial charge in [-0.2, -0.15) is 0 Å². The Morgan fingerprint density at radius 2 is 1.31 bits per heavy atom. The number of aliphatic hydroxyl groups excluding tert-OH is 1. The zero-order valence-corrected chi connectivity index (χ0v) is 30.5. The maximum absolute atomic E-state index is 12.0. The fourth-order valence-electron chi connectivity index (χ4n) is 5.27. The van der Waals surface area contributed by atoms with Crippen LogP contribution in [0.25, 0.3) is 0 Å². The SMILES string of the molecule is C=C(O)C(C)=O.C=C(OC(=O)CC(C)(C)c1c(C)cc(C)cc1N)C(C)=O.CC(=O)C(C)=O.Cc1cc(C)c2c(c1)NC(=O)CC2(C)C. The van der Waals surface area contributed by atoms with Crippen LogP contribution in [0, 0.1) is 27.7 Å². The number of Topliss-reactive ketones (excluding diaryl/α,β-unsaturated/α-hetero) is 4. The maximum Gasteiger partial charge on any atom is 0.312 e. The van der Waals surface area contributed by atoms with Crippen molar-refractivity contribution in [1.82, 2.24) is 0 Å². The third-order valence-corrected chi connectivity index (χ3v) is 7.34. The topological polar surface area (TPSA) is 170 Å². The molecule has 0 unspecified atom stereocenters. The van der Waals surface area contributed by atoms with E-state index in [1.54, 1.807) is 0 Å². The predicted molar refractivity (Wildman–Crippen MR) is 190 cm³/mol. The molecule has 0 aliphatic carbocycles. The first-order valence-corrected chi connectivity index (χ1v) is 15.3. The average molecular weight is 665 g/mol. The van der Waals surface area contributed by atoms with Crippen LogP contribution >= 0.6 is 0 Å². The van der Waals surface area contributed by atoms with Crippen molar-refractivity contribution in [3.05, 3.63) is 82.3 Å². The number of allylic oxidation sites excluding steroid dienone is 2. The second-order valence-corrected chi connectivity index (χ2v) is 13.3. The molecule has 1 aliphatic rings. The number of carbonyl (C=O) groups is 6. The van der Waals surface area contributed by atoms with Crippen LogP contribution in [0.4, 0.5) is 11.4 Å². The Labute approximate surface area is 284 Å². The number of ether oxygens (including phenoxy) is 1. The highest BCUT2D eigenvalue weighted by Gasteiger charge is 2.33. The van der Waals surface area contributed by atoms with Gasteiger partial charge in [0.25, 0.3) is 0 Å². The molecule has 10 nitrogen and oxygen atoms in total. The lowest BCUT2D eigenvalue weighted by Gasteiger charge is -2.34. The van der Waals surface area contributed by atoms with E-state index in [0.29, 0.717) is 12.1 Å². The second-order valence-electron chi connectivity index (χ2n) is 13.3. The molecule has 0 saturated heterocycles. The van der Waals surface area contributed by atoms with Gasteiger partial charge >= 0.3 is 5.97 Å². The third kappa shape index (κ3) is 13.9. The van der Waals surface area contributed by atoms with Gasteiger partial charge in [-0.15, -0.1) is 0 Å². The Balaban J connectivity index is 0.000000705. The van der Waals surface area contributed by atoms with E-state index in [4.69, 9.17) is 15.6 Å². The highest BCUT2D eigenvalue weighted by molar-refractivity contribution is 6.35. The van der Waals surface area contributed by atoms with Crippen molar-refractivity contribution in [2.24, 2.45) is 0 Å². The van der Waals surface area contributed by atoms with Gasteiger partial charge in [0.2, 0.25) is 5.91 Å². The van der Waals surface area contributed by atoms with Crippen molar-refractivity contribution >= 4 is 46.4 Å². The number of rotatable bonds is 7. The number of carbonyl (C=O) groups excluding carboxylic acids is 6. The lowest BCUT2D eigenvalue weighted by Crippen LogP contribution is -2.33. The molecule has 3 rings (SSSR count). The molecule has 4 N–H and O–H groups in total. The molecule has 0 bridgehead atoms. The highest BCUT2D eigenvalue weighted by Crippen LogP contribution is 2.40. The molecule has 0 aromatic heterocycles. The summed E-state index contributed by atoms with van der Waals surface area (Å²) in [7, 11) is 0. The van der Waals surface area contributed by atoms with Gasteiger partial charge in [0.1, 0.15) is 0 Å². The Morgan fingerprint density at radius 3 is 1.73 bits per heavy atom. The minimum absolute atomic E-state index is 0.0462. The van der Waals surface area contributed by atoms with E-state index in [1.165, 1.54) is 44.4 Å². The molecule has 0 radical (unpaired) electrons. The standard InChI is InChI=1S/C17H23NO3.C13H17NO.2C4H6O2/c1-10-7-11(2)16(14(18)8-10)17(5,6)9-15(20)21-13(4)12(3)19;1-8-5-9(2)12-10(6-8)14-11(15)7-13(12,3)4;2*1-3(5)4(2)6/h7-8H,4,9,18H2,1-3,5-6H3;5-6H,7H2,1-4H3,(H,14,15);1-2H3;5H,1H2,2H3. The maximum atomic E-state index is 12.0. The molecular formula is C38H52N2O8. The van der Waals surface area contributed by atoms with Crippen LogP contribution in [0.2, 0.25) is 0 Å². The molecule has 262 valence electrons. The van der Waals surface area contributed by atoms with Gasteiger partial charge in [-0.05, 0) is 73.2 Å². The number of hydrogen-bond acceptors (Lipinski definition) is 9. The lowest BCUT2D eigenvalue weighted by atomic mass is 9.75. The number of nitrogens with one attached hydrogen (secondary N) is 1. The summed E-state index contributed by atoms with van der Waals surface area (Å²) in [6, 6.07) is 8.16. The fourth-order valence-corrected chi connectivity index (χ4v) is 5.27. The van der Waals surface area contributed by atoms with Crippen LogP contribution in [-0.4, -0.2) is 40.1 Å². The van der Waals surface area contributed by atoms with Gasteiger partial charge in [-0.1, -0.05) is 53.0 Å². The van der Waals surface area contributed by atoms with Crippen molar-refractivity contribution in [3.8, 4) is 0 Å². The van der Waals surface area contributed by atoms with Crippen LogP contribution in [0.5, 0.6) is 0 Å². The summed E-state index contributed by atoms with van der Waals surface area (Å²) >= 11 is 0. The van der Waals surface area contributed by atoms with Crippen molar-refractivity contribution in [2.75, 3.05) is 11.1 Å². The molecule has 1 aliphatic heterocycles. The van der Waals surface area contributed by atoms with Crippen LogP contribution in [0.3, 0.4) is 0 Å². The van der Waals surface area contributed by atoms with E-state index in [9.17, 15) is 28.8 Å². The van der Waals surface area contributed by atoms with Crippen molar-refractivity contribution in [3.63, 3.8) is 0 Å². The number of nitrogen functional groups attached to an aromatic ring is 1. The zero-order valence-electron chi connectivity index (χ0n) is 30.5. The minimum Gasteiger partial charge on any atom is -0.505 e. The van der Waals surface area contributed by atoms with Gasteiger partial charge in [0, 0.05) is 56.3 Å². The van der Waals surface area contributed by atoms with Gasteiger partial charge < -0.3 is 20.9 Å². The largest absolute Gasteiger partial charge is 0.505 e. The number of fused-ring (bicyclic) bond motifs is 1. The number of aryl methyl sites for hydroxylation is 4. The Bertz CT molecular complexity index is 1540. The Hall–Kier alpha value is -4.86. The number of nitrogens with two attached hydrogens (primary N) is 1. The van der Waals surface area contributed by atoms with Gasteiger partial charge in [0.05, 0.1) is 6.42 Å². The minimum atomic E-state index is -0.490. The lowest BCUT2D eigenvalue weighted by molar-refractivity contribution is -0.143. The summed E-state index contributed by atoms with van der Waals surface area (Å²) in [5, 5.41) is 11.0. The van der Waals surface area contributed by atoms with Crippen molar-refractivity contribution in [1.29, 1.82) is 0 Å². The van der Waals surface area contributed by atoms with Crippen LogP contribution in [0.1, 0.15) is 102 Å². The molecule has 0 spiro atoms. The number of benzene rings is 2. The van der Waals surface area contributed by atoms with E-state index in [1.807, 2.05) is 39.8 Å². The molecule has 48 heavy (non-hydrogen) atoms. The van der Waals surface area contributed by atoms with Crippen molar-refractivity contribution in [2.45, 2.75) is 107 Å². The summed E-state index contributed by atoms with van der Waals surface area (Å²) in [4.78, 5) is 64.0. The number of hydrogen-bond donors (Lipinski definition) is 3. The second kappa shape index (κ2) is 17.9. The molecule has 0 atom stereocenters. The third-order valence-electron chi connectivity index (χ3n) is 7.34. The molecule has 2 aromatic rings. The molecular weight excluding hydrogens is 612 g/mol. The van der Waals surface area contributed by atoms with E-state index >= 15 is 0 Å². The van der Waals surface area contributed by atoms with E-state index in [2.05, 4.69) is 58.3 Å². The Kier molecular flexibility index (Phi) is 16.1. The summed E-state index contributed by atoms with van der Waals surface area (Å²) in [6.45, 7) is 27.7. The normalized spacial score (nSPS) is 12.5.